The Labute approximate surface area is 133 Å². The van der Waals surface area contributed by atoms with Gasteiger partial charge in [-0.15, -0.1) is 5.10 Å². The first-order valence-corrected chi connectivity index (χ1v) is 7.42. The minimum Gasteiger partial charge on any atom is -0.481 e. The molecular formula is C15H19N5O3. The van der Waals surface area contributed by atoms with Crippen LogP contribution in [0.3, 0.4) is 0 Å². The molecule has 2 aromatic heterocycles. The van der Waals surface area contributed by atoms with E-state index in [1.54, 1.807) is 47.3 Å². The van der Waals surface area contributed by atoms with Gasteiger partial charge in [0.15, 0.2) is 0 Å². The number of methoxy groups -OCH3 is 1. The van der Waals surface area contributed by atoms with E-state index in [9.17, 15) is 9.90 Å². The smallest absolute Gasteiger partial charge is 0.228 e. The molecule has 0 bridgehead atoms. The predicted molar refractivity (Wildman–Crippen MR) is 80.7 cm³/mol. The summed E-state index contributed by atoms with van der Waals surface area (Å²) in [6, 6.07) is 5.33. The first-order valence-electron chi connectivity index (χ1n) is 7.42. The third kappa shape index (κ3) is 3.65. The third-order valence-electron chi connectivity index (χ3n) is 3.94. The summed E-state index contributed by atoms with van der Waals surface area (Å²) in [6.45, 7) is 1.14. The van der Waals surface area contributed by atoms with Crippen LogP contribution in [0, 0.1) is 0 Å². The second kappa shape index (κ2) is 6.33. The van der Waals surface area contributed by atoms with Gasteiger partial charge < -0.3 is 14.7 Å². The van der Waals surface area contributed by atoms with Crippen LogP contribution in [0.25, 0.3) is 0 Å². The molecule has 23 heavy (non-hydrogen) atoms. The first-order chi connectivity index (χ1) is 11.1. The minimum absolute atomic E-state index is 0.0553. The molecule has 1 fully saturated rings. The van der Waals surface area contributed by atoms with Crippen LogP contribution < -0.4 is 4.74 Å². The summed E-state index contributed by atoms with van der Waals surface area (Å²) >= 11 is 0. The van der Waals surface area contributed by atoms with Crippen LogP contribution in [0.4, 0.5) is 0 Å². The zero-order valence-corrected chi connectivity index (χ0v) is 12.9. The summed E-state index contributed by atoms with van der Waals surface area (Å²) in [7, 11) is 1.54. The van der Waals surface area contributed by atoms with Crippen molar-refractivity contribution in [1.29, 1.82) is 0 Å². The van der Waals surface area contributed by atoms with Crippen LogP contribution in [0.1, 0.15) is 12.1 Å². The number of pyridine rings is 1. The predicted octanol–water partition coefficient (Wildman–Crippen LogP) is -0.112. The number of amides is 1. The maximum absolute atomic E-state index is 12.4. The standard InChI is InChI=1S/C15H19N5O3/c1-23-13-4-2-3-12(17-13)9-14(21)19-7-5-15(22,10-19)11-20-8-6-16-18-20/h2-4,6,8,22H,5,7,9-11H2,1H3. The molecule has 2 aromatic rings. The molecule has 0 saturated carbocycles. The van der Waals surface area contributed by atoms with Crippen LogP contribution >= 0.6 is 0 Å². The van der Waals surface area contributed by atoms with Gasteiger partial charge in [0.2, 0.25) is 11.8 Å². The van der Waals surface area contributed by atoms with Gasteiger partial charge in [0.1, 0.15) is 5.60 Å². The van der Waals surface area contributed by atoms with Gasteiger partial charge in [-0.2, -0.15) is 0 Å². The number of nitrogens with zero attached hydrogens (tertiary/aromatic N) is 5. The van der Waals surface area contributed by atoms with Crippen LogP contribution in [-0.2, 0) is 17.8 Å². The number of hydrogen-bond donors (Lipinski definition) is 1. The van der Waals surface area contributed by atoms with Gasteiger partial charge in [0.05, 0.1) is 38.5 Å². The molecule has 1 aliphatic heterocycles. The normalized spacial score (nSPS) is 20.7. The van der Waals surface area contributed by atoms with E-state index in [0.717, 1.165) is 0 Å². The van der Waals surface area contributed by atoms with Gasteiger partial charge in [0.25, 0.3) is 0 Å². The van der Waals surface area contributed by atoms with E-state index in [0.29, 0.717) is 31.1 Å². The summed E-state index contributed by atoms with van der Waals surface area (Å²) in [6.07, 6.45) is 3.97. The van der Waals surface area contributed by atoms with Crippen molar-refractivity contribution in [2.45, 2.75) is 25.0 Å². The number of likely N-dealkylation sites (tertiary alicyclic amines) is 1. The molecule has 0 radical (unpaired) electrons. The fourth-order valence-electron chi connectivity index (χ4n) is 2.75. The molecule has 3 heterocycles. The lowest BCUT2D eigenvalue weighted by Crippen LogP contribution is -2.40. The van der Waals surface area contributed by atoms with Crippen LogP contribution in [-0.4, -0.2) is 61.7 Å². The Morgan fingerprint density at radius 1 is 1.48 bits per heavy atom. The van der Waals surface area contributed by atoms with Gasteiger partial charge in [-0.05, 0) is 12.5 Å². The summed E-state index contributed by atoms with van der Waals surface area (Å²) in [5, 5.41) is 18.2. The second-order valence-electron chi connectivity index (χ2n) is 5.74. The Balaban J connectivity index is 1.60. The lowest BCUT2D eigenvalue weighted by atomic mass is 10.0. The molecule has 0 aromatic carbocycles. The Morgan fingerprint density at radius 2 is 2.35 bits per heavy atom. The van der Waals surface area contributed by atoms with Crippen molar-refractivity contribution in [3.8, 4) is 5.88 Å². The highest BCUT2D eigenvalue weighted by Crippen LogP contribution is 2.23. The topological polar surface area (TPSA) is 93.4 Å². The summed E-state index contributed by atoms with van der Waals surface area (Å²) in [5.74, 6) is 0.430. The number of rotatable bonds is 5. The summed E-state index contributed by atoms with van der Waals surface area (Å²) in [4.78, 5) is 18.3. The van der Waals surface area contributed by atoms with Crippen molar-refractivity contribution in [3.63, 3.8) is 0 Å². The second-order valence-corrected chi connectivity index (χ2v) is 5.74. The number of carbonyl (C=O) groups excluding carboxylic acids is 1. The molecule has 0 aliphatic carbocycles. The Morgan fingerprint density at radius 3 is 3.09 bits per heavy atom. The first kappa shape index (κ1) is 15.4. The summed E-state index contributed by atoms with van der Waals surface area (Å²) < 4.78 is 6.64. The highest BCUT2D eigenvalue weighted by atomic mass is 16.5. The quantitative estimate of drug-likeness (QED) is 0.827. The van der Waals surface area contributed by atoms with E-state index in [1.165, 1.54) is 0 Å². The highest BCUT2D eigenvalue weighted by molar-refractivity contribution is 5.78. The minimum atomic E-state index is -0.967. The van der Waals surface area contributed by atoms with Crippen LogP contribution in [0.5, 0.6) is 5.88 Å². The lowest BCUT2D eigenvalue weighted by molar-refractivity contribution is -0.130. The molecule has 1 N–H and O–H groups in total. The van der Waals surface area contributed by atoms with Crippen molar-refractivity contribution in [1.82, 2.24) is 24.9 Å². The molecule has 1 amide bonds. The Hall–Kier alpha value is -2.48. The number of hydrogen-bond acceptors (Lipinski definition) is 6. The van der Waals surface area contributed by atoms with Gasteiger partial charge in [-0.3, -0.25) is 4.79 Å². The van der Waals surface area contributed by atoms with E-state index in [1.807, 2.05) is 0 Å². The number of aliphatic hydroxyl groups is 1. The third-order valence-corrected chi connectivity index (χ3v) is 3.94. The molecular weight excluding hydrogens is 298 g/mol. The van der Waals surface area contributed by atoms with Crippen molar-refractivity contribution in [3.05, 3.63) is 36.3 Å². The molecule has 1 atom stereocenters. The van der Waals surface area contributed by atoms with E-state index in [4.69, 9.17) is 4.74 Å². The van der Waals surface area contributed by atoms with Gasteiger partial charge in [0, 0.05) is 18.8 Å². The molecule has 8 heteroatoms. The molecule has 0 spiro atoms. The molecule has 1 saturated heterocycles. The number of β-amino-alcohol motifs (C(OH)–C–C–N with tert-alkyl or cyclic N) is 1. The van der Waals surface area contributed by atoms with E-state index in [-0.39, 0.29) is 18.9 Å². The average Bonchev–Trinajstić information content (AvgIpc) is 3.17. The average molecular weight is 317 g/mol. The molecule has 122 valence electrons. The number of aromatic nitrogens is 4. The zero-order chi connectivity index (χ0) is 16.3. The highest BCUT2D eigenvalue weighted by Gasteiger charge is 2.38. The van der Waals surface area contributed by atoms with E-state index < -0.39 is 5.60 Å². The van der Waals surface area contributed by atoms with Crippen molar-refractivity contribution < 1.29 is 14.6 Å². The fraction of sp³-hybridized carbons (Fsp3) is 0.467. The lowest BCUT2D eigenvalue weighted by Gasteiger charge is -2.23. The molecule has 8 nitrogen and oxygen atoms in total. The molecule has 1 aliphatic rings. The maximum atomic E-state index is 12.4. The van der Waals surface area contributed by atoms with Gasteiger partial charge in [-0.25, -0.2) is 9.67 Å². The van der Waals surface area contributed by atoms with E-state index >= 15 is 0 Å². The Bertz CT molecular complexity index is 676. The monoisotopic (exact) mass is 317 g/mol. The SMILES string of the molecule is COc1cccc(CC(=O)N2CCC(O)(Cn3ccnn3)C2)n1. The molecule has 3 rings (SSSR count). The van der Waals surface area contributed by atoms with Gasteiger partial charge in [-0.1, -0.05) is 11.3 Å². The van der Waals surface area contributed by atoms with E-state index in [2.05, 4.69) is 15.3 Å². The van der Waals surface area contributed by atoms with Crippen molar-refractivity contribution in [2.75, 3.05) is 20.2 Å². The van der Waals surface area contributed by atoms with Crippen LogP contribution in [0.15, 0.2) is 30.6 Å². The van der Waals surface area contributed by atoms with Crippen LogP contribution in [0.2, 0.25) is 0 Å². The van der Waals surface area contributed by atoms with Crippen molar-refractivity contribution in [2.24, 2.45) is 0 Å². The van der Waals surface area contributed by atoms with Crippen molar-refractivity contribution >= 4 is 5.91 Å². The largest absolute Gasteiger partial charge is 0.481 e. The maximum Gasteiger partial charge on any atom is 0.228 e. The molecule has 1 unspecified atom stereocenters. The zero-order valence-electron chi connectivity index (χ0n) is 12.9. The summed E-state index contributed by atoms with van der Waals surface area (Å²) in [5.41, 5.74) is -0.313. The fourth-order valence-corrected chi connectivity index (χ4v) is 2.75. The van der Waals surface area contributed by atoms with Gasteiger partial charge >= 0.3 is 0 Å². The Kier molecular flexibility index (Phi) is 4.24. The number of carbonyl (C=O) groups is 1. The number of ether oxygens (including phenoxy) is 1.